The highest BCUT2D eigenvalue weighted by Crippen LogP contribution is 2.33. The first-order valence-electron chi connectivity index (χ1n) is 9.21. The predicted molar refractivity (Wildman–Crippen MR) is 108 cm³/mol. The molecule has 1 amide bonds. The highest BCUT2D eigenvalue weighted by Gasteiger charge is 2.23. The Hall–Kier alpha value is -2.87. The van der Waals surface area contributed by atoms with Gasteiger partial charge in [0.15, 0.2) is 0 Å². The van der Waals surface area contributed by atoms with Gasteiger partial charge in [-0.25, -0.2) is 4.98 Å². The van der Waals surface area contributed by atoms with Crippen molar-refractivity contribution in [1.82, 2.24) is 14.9 Å². The van der Waals surface area contributed by atoms with Crippen molar-refractivity contribution in [3.05, 3.63) is 30.0 Å². The molecule has 3 N–H and O–H groups in total. The van der Waals surface area contributed by atoms with Crippen LogP contribution in [0.15, 0.2) is 24.4 Å². The van der Waals surface area contributed by atoms with Crippen molar-refractivity contribution in [1.29, 1.82) is 0 Å². The summed E-state index contributed by atoms with van der Waals surface area (Å²) >= 11 is 0. The van der Waals surface area contributed by atoms with Crippen molar-refractivity contribution in [2.45, 2.75) is 18.9 Å². The van der Waals surface area contributed by atoms with Gasteiger partial charge in [0.1, 0.15) is 11.4 Å². The van der Waals surface area contributed by atoms with Crippen LogP contribution in [0.1, 0.15) is 23.2 Å². The van der Waals surface area contributed by atoms with Gasteiger partial charge < -0.3 is 25.8 Å². The van der Waals surface area contributed by atoms with Gasteiger partial charge in [-0.15, -0.1) is 0 Å². The van der Waals surface area contributed by atoms with E-state index < -0.39 is 0 Å². The zero-order chi connectivity index (χ0) is 19.0. The fraction of sp³-hybridized carbons (Fsp3) is 0.421. The van der Waals surface area contributed by atoms with Gasteiger partial charge in [-0.05, 0) is 51.2 Å². The number of carbonyl (C=O) groups is 1. The third kappa shape index (κ3) is 3.66. The Morgan fingerprint density at radius 2 is 1.96 bits per heavy atom. The number of aromatic nitrogens is 2. The minimum Gasteiger partial charge on any atom is -0.378 e. The second-order valence-corrected chi connectivity index (χ2v) is 7.38. The summed E-state index contributed by atoms with van der Waals surface area (Å²) in [7, 11) is 6.07. The van der Waals surface area contributed by atoms with Crippen LogP contribution in [0.5, 0.6) is 0 Å². The van der Waals surface area contributed by atoms with Gasteiger partial charge in [-0.3, -0.25) is 4.79 Å². The Morgan fingerprint density at radius 3 is 2.70 bits per heavy atom. The second kappa shape index (κ2) is 7.03. The summed E-state index contributed by atoms with van der Waals surface area (Å²) in [5, 5.41) is 9.64. The average Bonchev–Trinajstić information content (AvgIpc) is 2.78. The average molecular weight is 367 g/mol. The second-order valence-electron chi connectivity index (χ2n) is 7.38. The fourth-order valence-electron chi connectivity index (χ4n) is 3.39. The molecule has 0 aliphatic carbocycles. The summed E-state index contributed by atoms with van der Waals surface area (Å²) in [6.07, 6.45) is 3.70. The number of carbonyl (C=O) groups excluding carboxylic acids is 1. The number of anilines is 5. The van der Waals surface area contributed by atoms with Crippen molar-refractivity contribution in [2.75, 3.05) is 55.1 Å². The normalized spacial score (nSPS) is 17.2. The highest BCUT2D eigenvalue weighted by atomic mass is 16.1. The standard InChI is InChI=1S/C19H25N7O/c1-25(2)13-4-5-15-16(10-13)23-18(27)14-11-20-19(24-17(14)22-15)21-12-6-8-26(3)9-7-12/h4-5,10-12H,6-9H2,1-3H3,(H,23,27)(H2,20,21,22,24). The van der Waals surface area contributed by atoms with Crippen LogP contribution in [0, 0.1) is 0 Å². The number of nitrogens with zero attached hydrogens (tertiary/aromatic N) is 4. The zero-order valence-corrected chi connectivity index (χ0v) is 15.9. The topological polar surface area (TPSA) is 85.4 Å². The lowest BCUT2D eigenvalue weighted by Crippen LogP contribution is -2.37. The molecule has 8 heteroatoms. The SMILES string of the molecule is CN1CCC(Nc2ncc3c(n2)Nc2ccc(N(C)C)cc2NC3=O)CC1. The van der Waals surface area contributed by atoms with E-state index in [1.807, 2.05) is 37.2 Å². The van der Waals surface area contributed by atoms with Gasteiger partial charge >= 0.3 is 0 Å². The molecule has 1 saturated heterocycles. The quantitative estimate of drug-likeness (QED) is 0.768. The molecule has 0 atom stereocenters. The third-order valence-electron chi connectivity index (χ3n) is 5.11. The number of likely N-dealkylation sites (tertiary alicyclic amines) is 1. The zero-order valence-electron chi connectivity index (χ0n) is 15.9. The van der Waals surface area contributed by atoms with Crippen LogP contribution in [-0.2, 0) is 0 Å². The summed E-state index contributed by atoms with van der Waals surface area (Å²) < 4.78 is 0. The minimum atomic E-state index is -0.210. The Balaban J connectivity index is 1.59. The Labute approximate surface area is 159 Å². The van der Waals surface area contributed by atoms with E-state index >= 15 is 0 Å². The molecule has 4 rings (SSSR count). The van der Waals surface area contributed by atoms with Gasteiger partial charge in [0.25, 0.3) is 5.91 Å². The Kier molecular flexibility index (Phi) is 4.57. The molecule has 0 bridgehead atoms. The number of fused-ring (bicyclic) bond motifs is 2. The number of piperidine rings is 1. The van der Waals surface area contributed by atoms with Crippen LogP contribution in [-0.4, -0.2) is 61.0 Å². The van der Waals surface area contributed by atoms with E-state index in [9.17, 15) is 4.79 Å². The van der Waals surface area contributed by atoms with E-state index in [-0.39, 0.29) is 5.91 Å². The summed E-state index contributed by atoms with van der Waals surface area (Å²) in [5.74, 6) is 0.865. The number of benzene rings is 1. The Morgan fingerprint density at radius 1 is 1.19 bits per heavy atom. The minimum absolute atomic E-state index is 0.210. The number of rotatable bonds is 3. The van der Waals surface area contributed by atoms with E-state index in [2.05, 4.69) is 37.9 Å². The van der Waals surface area contributed by atoms with Crippen molar-refractivity contribution in [3.63, 3.8) is 0 Å². The molecule has 1 aromatic heterocycles. The molecule has 2 aliphatic rings. The van der Waals surface area contributed by atoms with Crippen LogP contribution in [0.4, 0.5) is 28.8 Å². The Bertz CT molecular complexity index is 859. The van der Waals surface area contributed by atoms with Crippen LogP contribution in [0.2, 0.25) is 0 Å². The molecule has 1 fully saturated rings. The molecule has 0 unspecified atom stereocenters. The third-order valence-corrected chi connectivity index (χ3v) is 5.11. The van der Waals surface area contributed by atoms with Crippen molar-refractivity contribution >= 4 is 34.7 Å². The maximum atomic E-state index is 12.6. The van der Waals surface area contributed by atoms with Crippen molar-refractivity contribution in [2.24, 2.45) is 0 Å². The molecule has 2 aliphatic heterocycles. The van der Waals surface area contributed by atoms with Crippen LogP contribution in [0.3, 0.4) is 0 Å². The van der Waals surface area contributed by atoms with E-state index in [0.717, 1.165) is 43.0 Å². The number of amides is 1. The fourth-order valence-corrected chi connectivity index (χ4v) is 3.39. The van der Waals surface area contributed by atoms with Gasteiger partial charge in [0.2, 0.25) is 5.95 Å². The van der Waals surface area contributed by atoms with Gasteiger partial charge in [-0.2, -0.15) is 4.98 Å². The molecule has 0 spiro atoms. The molecule has 1 aromatic carbocycles. The van der Waals surface area contributed by atoms with Crippen molar-refractivity contribution < 1.29 is 4.79 Å². The molecule has 0 radical (unpaired) electrons. The molecular weight excluding hydrogens is 342 g/mol. The predicted octanol–water partition coefficient (Wildman–Crippen LogP) is 2.36. The first kappa shape index (κ1) is 17.5. The highest BCUT2D eigenvalue weighted by molar-refractivity contribution is 6.11. The lowest BCUT2D eigenvalue weighted by molar-refractivity contribution is 0.102. The van der Waals surface area contributed by atoms with Crippen LogP contribution < -0.4 is 20.9 Å². The van der Waals surface area contributed by atoms with Crippen LogP contribution in [0.25, 0.3) is 0 Å². The van der Waals surface area contributed by atoms with Gasteiger partial charge in [0.05, 0.1) is 11.4 Å². The smallest absolute Gasteiger partial charge is 0.261 e. The summed E-state index contributed by atoms with van der Waals surface area (Å²) in [6.45, 7) is 2.12. The van der Waals surface area contributed by atoms with E-state index in [1.165, 1.54) is 0 Å². The van der Waals surface area contributed by atoms with Gasteiger partial charge in [-0.1, -0.05) is 0 Å². The number of hydrogen-bond donors (Lipinski definition) is 3. The molecular formula is C19H25N7O. The van der Waals surface area contributed by atoms with Gasteiger partial charge in [0, 0.05) is 32.0 Å². The van der Waals surface area contributed by atoms with E-state index in [0.29, 0.717) is 23.4 Å². The van der Waals surface area contributed by atoms with Crippen LogP contribution >= 0.6 is 0 Å². The maximum Gasteiger partial charge on any atom is 0.261 e. The lowest BCUT2D eigenvalue weighted by atomic mass is 10.1. The largest absolute Gasteiger partial charge is 0.378 e. The molecule has 27 heavy (non-hydrogen) atoms. The molecule has 8 nitrogen and oxygen atoms in total. The first-order valence-corrected chi connectivity index (χ1v) is 9.21. The molecule has 2 aromatic rings. The van der Waals surface area contributed by atoms with E-state index in [4.69, 9.17) is 0 Å². The monoisotopic (exact) mass is 367 g/mol. The first-order chi connectivity index (χ1) is 13.0. The molecule has 3 heterocycles. The molecule has 142 valence electrons. The molecule has 0 saturated carbocycles. The van der Waals surface area contributed by atoms with E-state index in [1.54, 1.807) is 6.20 Å². The summed E-state index contributed by atoms with van der Waals surface area (Å²) in [4.78, 5) is 25.9. The number of hydrogen-bond acceptors (Lipinski definition) is 7. The summed E-state index contributed by atoms with van der Waals surface area (Å²) in [5.41, 5.74) is 3.00. The number of nitrogens with one attached hydrogen (secondary N) is 3. The van der Waals surface area contributed by atoms with Crippen molar-refractivity contribution in [3.8, 4) is 0 Å². The lowest BCUT2D eigenvalue weighted by Gasteiger charge is -2.29. The maximum absolute atomic E-state index is 12.6. The summed E-state index contributed by atoms with van der Waals surface area (Å²) in [6, 6.07) is 6.25.